The molecule has 0 aliphatic heterocycles. The lowest BCUT2D eigenvalue weighted by Crippen LogP contribution is -2.37. The van der Waals surface area contributed by atoms with E-state index in [1.807, 2.05) is 31.2 Å². The van der Waals surface area contributed by atoms with E-state index >= 15 is 0 Å². The van der Waals surface area contributed by atoms with Crippen LogP contribution in [-0.4, -0.2) is 24.4 Å². The zero-order chi connectivity index (χ0) is 14.4. The van der Waals surface area contributed by atoms with Crippen molar-refractivity contribution in [2.24, 2.45) is 5.41 Å². The maximum absolute atomic E-state index is 12.2. The van der Waals surface area contributed by atoms with E-state index in [4.69, 9.17) is 4.74 Å². The molecule has 1 fully saturated rings. The van der Waals surface area contributed by atoms with Crippen molar-refractivity contribution in [3.05, 3.63) is 29.8 Å². The zero-order valence-corrected chi connectivity index (χ0v) is 13.5. The van der Waals surface area contributed by atoms with Gasteiger partial charge in [0.25, 0.3) is 5.91 Å². The van der Waals surface area contributed by atoms with Crippen molar-refractivity contribution in [2.45, 2.75) is 32.6 Å². The van der Waals surface area contributed by atoms with Crippen molar-refractivity contribution < 1.29 is 9.53 Å². The van der Waals surface area contributed by atoms with Gasteiger partial charge < -0.3 is 10.1 Å². The highest BCUT2D eigenvalue weighted by Crippen LogP contribution is 2.38. The Bertz CT molecular complexity index is 438. The van der Waals surface area contributed by atoms with E-state index in [1.54, 1.807) is 0 Å². The summed E-state index contributed by atoms with van der Waals surface area (Å²) in [5.41, 5.74) is 0.942. The molecule has 0 aromatic heterocycles. The Morgan fingerprint density at radius 1 is 1.30 bits per heavy atom. The maximum Gasteiger partial charge on any atom is 0.251 e. The van der Waals surface area contributed by atoms with Gasteiger partial charge >= 0.3 is 0 Å². The summed E-state index contributed by atoms with van der Waals surface area (Å²) in [5.74, 6) is 0.803. The first-order valence-corrected chi connectivity index (χ1v) is 8.38. The number of hydrogen-bond donors (Lipinski definition) is 1. The number of ether oxygens (including phenoxy) is 1. The van der Waals surface area contributed by atoms with Crippen LogP contribution in [0.15, 0.2) is 24.3 Å². The molecular weight excluding hydrogens is 318 g/mol. The van der Waals surface area contributed by atoms with Crippen molar-refractivity contribution in [3.8, 4) is 5.75 Å². The van der Waals surface area contributed by atoms with Crippen molar-refractivity contribution in [2.75, 3.05) is 18.5 Å². The maximum atomic E-state index is 12.2. The number of halogens is 1. The summed E-state index contributed by atoms with van der Waals surface area (Å²) in [5, 5.41) is 4.04. The van der Waals surface area contributed by atoms with E-state index in [0.29, 0.717) is 12.2 Å². The van der Waals surface area contributed by atoms with Crippen LogP contribution in [0.2, 0.25) is 0 Å². The van der Waals surface area contributed by atoms with Gasteiger partial charge in [-0.2, -0.15) is 0 Å². The number of benzene rings is 1. The first kappa shape index (κ1) is 15.4. The molecule has 1 aromatic carbocycles. The average molecular weight is 340 g/mol. The number of amides is 1. The predicted octanol–water partition coefficient (Wildman–Crippen LogP) is 3.77. The molecule has 0 spiro atoms. The van der Waals surface area contributed by atoms with Gasteiger partial charge in [-0.05, 0) is 49.4 Å². The van der Waals surface area contributed by atoms with E-state index in [9.17, 15) is 4.79 Å². The van der Waals surface area contributed by atoms with Crippen LogP contribution >= 0.6 is 15.9 Å². The van der Waals surface area contributed by atoms with Crippen molar-refractivity contribution in [3.63, 3.8) is 0 Å². The standard InChI is InChI=1S/C16H22BrNO2/c1-2-20-14-7-5-13(6-8-14)15(19)18-12-16(11-17)9-3-4-10-16/h5-8H,2-4,9-12H2,1H3,(H,18,19). The molecular formula is C16H22BrNO2. The van der Waals surface area contributed by atoms with Crippen LogP contribution in [0, 0.1) is 5.41 Å². The van der Waals surface area contributed by atoms with Crippen molar-refractivity contribution in [1.29, 1.82) is 0 Å². The molecule has 4 heteroatoms. The largest absolute Gasteiger partial charge is 0.494 e. The van der Waals surface area contributed by atoms with Gasteiger partial charge in [0, 0.05) is 17.4 Å². The van der Waals surface area contributed by atoms with E-state index in [2.05, 4.69) is 21.2 Å². The highest BCUT2D eigenvalue weighted by Gasteiger charge is 2.33. The molecule has 1 saturated carbocycles. The smallest absolute Gasteiger partial charge is 0.251 e. The van der Waals surface area contributed by atoms with Crippen LogP contribution in [0.25, 0.3) is 0 Å². The van der Waals surface area contributed by atoms with Crippen LogP contribution < -0.4 is 10.1 Å². The fraction of sp³-hybridized carbons (Fsp3) is 0.562. The van der Waals surface area contributed by atoms with Gasteiger partial charge in [0.05, 0.1) is 6.61 Å². The Labute approximate surface area is 129 Å². The van der Waals surface area contributed by atoms with E-state index in [-0.39, 0.29) is 11.3 Å². The molecule has 1 aliphatic rings. The average Bonchev–Trinajstić information content (AvgIpc) is 2.95. The van der Waals surface area contributed by atoms with E-state index in [0.717, 1.165) is 17.6 Å². The third-order valence-electron chi connectivity index (χ3n) is 4.00. The Morgan fingerprint density at radius 3 is 2.50 bits per heavy atom. The Kier molecular flexibility index (Phi) is 5.46. The van der Waals surface area contributed by atoms with Crippen LogP contribution in [0.3, 0.4) is 0 Å². The molecule has 0 saturated heterocycles. The fourth-order valence-corrected chi connectivity index (χ4v) is 3.48. The number of alkyl halides is 1. The quantitative estimate of drug-likeness (QED) is 0.801. The lowest BCUT2D eigenvalue weighted by atomic mass is 9.89. The lowest BCUT2D eigenvalue weighted by molar-refractivity contribution is 0.0935. The minimum absolute atomic E-state index is 0.000253. The molecule has 0 unspecified atom stereocenters. The van der Waals surface area contributed by atoms with Gasteiger partial charge in [0.2, 0.25) is 0 Å². The summed E-state index contributed by atoms with van der Waals surface area (Å²) < 4.78 is 5.38. The number of carbonyl (C=O) groups excluding carboxylic acids is 1. The van der Waals surface area contributed by atoms with Crippen molar-refractivity contribution >= 4 is 21.8 Å². The topological polar surface area (TPSA) is 38.3 Å². The molecule has 3 nitrogen and oxygen atoms in total. The molecule has 110 valence electrons. The van der Waals surface area contributed by atoms with Crippen LogP contribution in [0.5, 0.6) is 5.75 Å². The summed E-state index contributed by atoms with van der Waals surface area (Å²) in [4.78, 5) is 12.2. The highest BCUT2D eigenvalue weighted by molar-refractivity contribution is 9.09. The summed E-state index contributed by atoms with van der Waals surface area (Å²) in [6, 6.07) is 7.31. The highest BCUT2D eigenvalue weighted by atomic mass is 79.9. The third-order valence-corrected chi connectivity index (χ3v) is 5.19. The van der Waals surface area contributed by atoms with E-state index in [1.165, 1.54) is 25.7 Å². The van der Waals surface area contributed by atoms with Crippen LogP contribution in [-0.2, 0) is 0 Å². The molecule has 1 aromatic rings. The minimum Gasteiger partial charge on any atom is -0.494 e. The molecule has 1 aliphatic carbocycles. The second-order valence-electron chi connectivity index (χ2n) is 5.48. The van der Waals surface area contributed by atoms with Gasteiger partial charge in [0.1, 0.15) is 5.75 Å². The molecule has 0 bridgehead atoms. The number of hydrogen-bond acceptors (Lipinski definition) is 2. The SMILES string of the molecule is CCOc1ccc(C(=O)NCC2(CBr)CCCC2)cc1. The monoisotopic (exact) mass is 339 g/mol. The predicted molar refractivity (Wildman–Crippen MR) is 84.6 cm³/mol. The Balaban J connectivity index is 1.91. The summed E-state index contributed by atoms with van der Waals surface area (Å²) in [6.07, 6.45) is 4.93. The first-order chi connectivity index (χ1) is 9.69. The number of nitrogens with one attached hydrogen (secondary N) is 1. The molecule has 2 rings (SSSR count). The van der Waals surface area contributed by atoms with Gasteiger partial charge in [0.15, 0.2) is 0 Å². The normalized spacial score (nSPS) is 16.9. The number of rotatable bonds is 6. The van der Waals surface area contributed by atoms with Gasteiger partial charge in [-0.25, -0.2) is 0 Å². The summed E-state index contributed by atoms with van der Waals surface area (Å²) in [6.45, 7) is 3.34. The minimum atomic E-state index is 0.000253. The van der Waals surface area contributed by atoms with Gasteiger partial charge in [-0.3, -0.25) is 4.79 Å². The molecule has 0 heterocycles. The summed E-state index contributed by atoms with van der Waals surface area (Å²) in [7, 11) is 0. The van der Waals surface area contributed by atoms with Gasteiger partial charge in [-0.15, -0.1) is 0 Å². The first-order valence-electron chi connectivity index (χ1n) is 7.26. The Hall–Kier alpha value is -1.03. The molecule has 0 atom stereocenters. The van der Waals surface area contributed by atoms with Crippen LogP contribution in [0.4, 0.5) is 0 Å². The molecule has 0 radical (unpaired) electrons. The van der Waals surface area contributed by atoms with E-state index < -0.39 is 0 Å². The fourth-order valence-electron chi connectivity index (χ4n) is 2.72. The summed E-state index contributed by atoms with van der Waals surface area (Å²) >= 11 is 3.60. The second-order valence-corrected chi connectivity index (χ2v) is 6.04. The van der Waals surface area contributed by atoms with Gasteiger partial charge in [-0.1, -0.05) is 28.8 Å². The second kappa shape index (κ2) is 7.11. The Morgan fingerprint density at radius 2 is 1.95 bits per heavy atom. The molecule has 1 N–H and O–H groups in total. The third kappa shape index (κ3) is 3.75. The molecule has 1 amide bonds. The number of carbonyl (C=O) groups is 1. The van der Waals surface area contributed by atoms with Crippen molar-refractivity contribution in [1.82, 2.24) is 5.32 Å². The zero-order valence-electron chi connectivity index (χ0n) is 12.0. The lowest BCUT2D eigenvalue weighted by Gasteiger charge is -2.26. The van der Waals surface area contributed by atoms with Crippen LogP contribution in [0.1, 0.15) is 43.0 Å². The molecule has 20 heavy (non-hydrogen) atoms.